The largest absolute Gasteiger partial charge is 0.504 e. The van der Waals surface area contributed by atoms with Crippen LogP contribution in [0.15, 0.2) is 42.5 Å². The Morgan fingerprint density at radius 2 is 1.90 bits per heavy atom. The Bertz CT molecular complexity index is 598. The minimum Gasteiger partial charge on any atom is -0.504 e. The number of methoxy groups -OCH3 is 2. The zero-order valence-electron chi connectivity index (χ0n) is 12.4. The summed E-state index contributed by atoms with van der Waals surface area (Å²) in [6.07, 6.45) is 0.778. The number of aromatic hydroxyl groups is 1. The molecule has 4 nitrogen and oxygen atoms in total. The smallest absolute Gasteiger partial charge is 0.160 e. The molecule has 0 fully saturated rings. The second-order valence-corrected chi connectivity index (χ2v) is 4.92. The van der Waals surface area contributed by atoms with Crippen molar-refractivity contribution in [1.82, 2.24) is 0 Å². The highest BCUT2D eigenvalue weighted by molar-refractivity contribution is 5.42. The fraction of sp³-hybridized carbons (Fsp3) is 0.294. The molecule has 0 aliphatic carbocycles. The van der Waals surface area contributed by atoms with E-state index in [9.17, 15) is 5.11 Å². The van der Waals surface area contributed by atoms with E-state index in [0.29, 0.717) is 12.3 Å². The Hall–Kier alpha value is -2.20. The van der Waals surface area contributed by atoms with E-state index in [1.165, 1.54) is 0 Å². The molecule has 0 aromatic heterocycles. The van der Waals surface area contributed by atoms with Gasteiger partial charge in [0.05, 0.1) is 14.2 Å². The van der Waals surface area contributed by atoms with Crippen molar-refractivity contribution in [3.8, 4) is 17.2 Å². The van der Waals surface area contributed by atoms with Crippen LogP contribution in [0.2, 0.25) is 0 Å². The number of hydrogen-bond donors (Lipinski definition) is 2. The van der Waals surface area contributed by atoms with Crippen molar-refractivity contribution < 1.29 is 14.6 Å². The number of phenols is 1. The standard InChI is InChI=1S/C17H21NO3/c1-20-15-5-3-4-13(10-15)14(11-18)8-12-6-7-16(19)17(9-12)21-2/h3-7,9-10,14,19H,8,11,18H2,1-2H3. The van der Waals surface area contributed by atoms with E-state index < -0.39 is 0 Å². The van der Waals surface area contributed by atoms with Gasteiger partial charge in [0.1, 0.15) is 5.75 Å². The molecule has 0 amide bonds. The van der Waals surface area contributed by atoms with E-state index in [1.807, 2.05) is 30.3 Å². The zero-order valence-corrected chi connectivity index (χ0v) is 12.4. The fourth-order valence-corrected chi connectivity index (χ4v) is 2.37. The summed E-state index contributed by atoms with van der Waals surface area (Å²) in [7, 11) is 3.20. The lowest BCUT2D eigenvalue weighted by Crippen LogP contribution is -2.15. The van der Waals surface area contributed by atoms with Crippen LogP contribution in [0.5, 0.6) is 17.2 Å². The molecule has 0 aliphatic rings. The third kappa shape index (κ3) is 3.67. The van der Waals surface area contributed by atoms with Crippen LogP contribution >= 0.6 is 0 Å². The van der Waals surface area contributed by atoms with Crippen molar-refractivity contribution >= 4 is 0 Å². The average molecular weight is 287 g/mol. The molecule has 1 unspecified atom stereocenters. The van der Waals surface area contributed by atoms with E-state index >= 15 is 0 Å². The van der Waals surface area contributed by atoms with Gasteiger partial charge in [-0.15, -0.1) is 0 Å². The predicted molar refractivity (Wildman–Crippen MR) is 83.2 cm³/mol. The molecule has 0 heterocycles. The maximum Gasteiger partial charge on any atom is 0.160 e. The summed E-state index contributed by atoms with van der Waals surface area (Å²) in [5.74, 6) is 1.64. The molecular weight excluding hydrogens is 266 g/mol. The Balaban J connectivity index is 2.22. The number of nitrogens with two attached hydrogens (primary N) is 1. The van der Waals surface area contributed by atoms with Crippen molar-refractivity contribution in [2.24, 2.45) is 5.73 Å². The summed E-state index contributed by atoms with van der Waals surface area (Å²) in [6, 6.07) is 13.3. The lowest BCUT2D eigenvalue weighted by atomic mass is 9.92. The van der Waals surface area contributed by atoms with Gasteiger partial charge in [0, 0.05) is 5.92 Å². The van der Waals surface area contributed by atoms with Gasteiger partial charge in [-0.05, 0) is 48.4 Å². The third-order valence-electron chi connectivity index (χ3n) is 3.58. The quantitative estimate of drug-likeness (QED) is 0.857. The first-order chi connectivity index (χ1) is 10.2. The maximum absolute atomic E-state index is 9.65. The number of phenolic OH excluding ortho intramolecular Hbond substituents is 1. The molecule has 0 saturated carbocycles. The van der Waals surface area contributed by atoms with Gasteiger partial charge in [-0.1, -0.05) is 18.2 Å². The highest BCUT2D eigenvalue weighted by Gasteiger charge is 2.13. The predicted octanol–water partition coefficient (Wildman–Crippen LogP) is 2.69. The molecule has 0 bridgehead atoms. The lowest BCUT2D eigenvalue weighted by Gasteiger charge is -2.17. The Morgan fingerprint density at radius 1 is 1.10 bits per heavy atom. The summed E-state index contributed by atoms with van der Waals surface area (Å²) in [5, 5.41) is 9.65. The van der Waals surface area contributed by atoms with Crippen molar-refractivity contribution in [2.75, 3.05) is 20.8 Å². The van der Waals surface area contributed by atoms with Crippen LogP contribution in [-0.2, 0) is 6.42 Å². The number of ether oxygens (including phenoxy) is 2. The van der Waals surface area contributed by atoms with Crippen LogP contribution in [-0.4, -0.2) is 25.9 Å². The molecule has 4 heteroatoms. The molecule has 112 valence electrons. The van der Waals surface area contributed by atoms with Crippen molar-refractivity contribution in [2.45, 2.75) is 12.3 Å². The van der Waals surface area contributed by atoms with Gasteiger partial charge in [0.2, 0.25) is 0 Å². The van der Waals surface area contributed by atoms with E-state index in [4.69, 9.17) is 15.2 Å². The summed E-state index contributed by atoms with van der Waals surface area (Å²) in [6.45, 7) is 0.538. The molecule has 1 atom stereocenters. The van der Waals surface area contributed by atoms with Gasteiger partial charge >= 0.3 is 0 Å². The minimum absolute atomic E-state index is 0.145. The molecule has 0 radical (unpaired) electrons. The maximum atomic E-state index is 9.65. The second kappa shape index (κ2) is 6.99. The molecule has 2 aromatic rings. The molecule has 0 spiro atoms. The summed E-state index contributed by atoms with van der Waals surface area (Å²) < 4.78 is 10.4. The van der Waals surface area contributed by atoms with Gasteiger partial charge < -0.3 is 20.3 Å². The van der Waals surface area contributed by atoms with Crippen LogP contribution in [0, 0.1) is 0 Å². The highest BCUT2D eigenvalue weighted by Crippen LogP contribution is 2.29. The van der Waals surface area contributed by atoms with Gasteiger partial charge in [-0.3, -0.25) is 0 Å². The molecule has 0 saturated heterocycles. The topological polar surface area (TPSA) is 64.7 Å². The normalized spacial score (nSPS) is 12.0. The number of hydrogen-bond acceptors (Lipinski definition) is 4. The van der Waals surface area contributed by atoms with Crippen molar-refractivity contribution in [3.63, 3.8) is 0 Å². The molecule has 2 rings (SSSR count). The van der Waals surface area contributed by atoms with Crippen LogP contribution in [0.4, 0.5) is 0 Å². The van der Waals surface area contributed by atoms with E-state index in [0.717, 1.165) is 23.3 Å². The highest BCUT2D eigenvalue weighted by atomic mass is 16.5. The molecule has 0 aliphatic heterocycles. The average Bonchev–Trinajstić information content (AvgIpc) is 2.54. The Labute approximate surface area is 125 Å². The van der Waals surface area contributed by atoms with Gasteiger partial charge in [-0.25, -0.2) is 0 Å². The van der Waals surface area contributed by atoms with Crippen molar-refractivity contribution in [1.29, 1.82) is 0 Å². The SMILES string of the molecule is COc1cccc(C(CN)Cc2ccc(O)c(OC)c2)c1. The van der Waals surface area contributed by atoms with Crippen LogP contribution in [0.3, 0.4) is 0 Å². The second-order valence-electron chi connectivity index (χ2n) is 4.92. The van der Waals surface area contributed by atoms with Gasteiger partial charge in [0.25, 0.3) is 0 Å². The first-order valence-electron chi connectivity index (χ1n) is 6.87. The summed E-state index contributed by atoms with van der Waals surface area (Å²) >= 11 is 0. The first kappa shape index (κ1) is 15.2. The zero-order chi connectivity index (χ0) is 15.2. The van der Waals surface area contributed by atoms with E-state index in [-0.39, 0.29) is 11.7 Å². The summed E-state index contributed by atoms with van der Waals surface area (Å²) in [4.78, 5) is 0. The lowest BCUT2D eigenvalue weighted by molar-refractivity contribution is 0.373. The monoisotopic (exact) mass is 287 g/mol. The minimum atomic E-state index is 0.145. The van der Waals surface area contributed by atoms with Gasteiger partial charge in [0.15, 0.2) is 11.5 Å². The number of rotatable bonds is 6. The molecule has 2 aromatic carbocycles. The van der Waals surface area contributed by atoms with Crippen LogP contribution in [0.1, 0.15) is 17.0 Å². The molecule has 3 N–H and O–H groups in total. The Kier molecular flexibility index (Phi) is 5.06. The van der Waals surface area contributed by atoms with E-state index in [1.54, 1.807) is 20.3 Å². The van der Waals surface area contributed by atoms with Crippen LogP contribution < -0.4 is 15.2 Å². The molecule has 21 heavy (non-hydrogen) atoms. The third-order valence-corrected chi connectivity index (χ3v) is 3.58. The van der Waals surface area contributed by atoms with Crippen molar-refractivity contribution in [3.05, 3.63) is 53.6 Å². The van der Waals surface area contributed by atoms with E-state index in [2.05, 4.69) is 6.07 Å². The van der Waals surface area contributed by atoms with Crippen LogP contribution in [0.25, 0.3) is 0 Å². The fourth-order valence-electron chi connectivity index (χ4n) is 2.37. The molecular formula is C17H21NO3. The Morgan fingerprint density at radius 3 is 2.57 bits per heavy atom. The van der Waals surface area contributed by atoms with Gasteiger partial charge in [-0.2, -0.15) is 0 Å². The number of benzene rings is 2. The first-order valence-corrected chi connectivity index (χ1v) is 6.87. The summed E-state index contributed by atoms with van der Waals surface area (Å²) in [5.41, 5.74) is 8.14.